The van der Waals surface area contributed by atoms with Gasteiger partial charge in [0.2, 0.25) is 0 Å². The van der Waals surface area contributed by atoms with Gasteiger partial charge in [-0.2, -0.15) is 5.10 Å². The van der Waals surface area contributed by atoms with Crippen LogP contribution in [0.15, 0.2) is 30.5 Å². The van der Waals surface area contributed by atoms with Crippen LogP contribution in [0.4, 0.5) is 4.39 Å². The number of aromatic nitrogens is 2. The molecule has 1 heterocycles. The summed E-state index contributed by atoms with van der Waals surface area (Å²) in [5.41, 5.74) is 0.593. The summed E-state index contributed by atoms with van der Waals surface area (Å²) in [5, 5.41) is 12.7. The summed E-state index contributed by atoms with van der Waals surface area (Å²) in [6, 6.07) is 5.96. The first-order valence-electron chi connectivity index (χ1n) is 4.77. The second-order valence-corrected chi connectivity index (χ2v) is 3.80. The van der Waals surface area contributed by atoms with Crippen molar-refractivity contribution in [3.63, 3.8) is 0 Å². The lowest BCUT2D eigenvalue weighted by molar-refractivity contribution is 0.0697. The van der Waals surface area contributed by atoms with Crippen LogP contribution in [0.1, 0.15) is 15.9 Å². The zero-order valence-electron chi connectivity index (χ0n) is 8.60. The smallest absolute Gasteiger partial charge is 0.340 e. The van der Waals surface area contributed by atoms with Crippen molar-refractivity contribution in [2.24, 2.45) is 0 Å². The first kappa shape index (κ1) is 11.6. The maximum Gasteiger partial charge on any atom is 0.340 e. The molecule has 0 spiro atoms. The lowest BCUT2D eigenvalue weighted by atomic mass is 10.2. The van der Waals surface area contributed by atoms with Crippen LogP contribution in [0.3, 0.4) is 0 Å². The second kappa shape index (κ2) is 4.55. The fourth-order valence-electron chi connectivity index (χ4n) is 1.43. The summed E-state index contributed by atoms with van der Waals surface area (Å²) in [6.45, 7) is 0.226. The Kier molecular flexibility index (Phi) is 3.10. The first-order chi connectivity index (χ1) is 8.08. The number of rotatable bonds is 3. The molecule has 0 radical (unpaired) electrons. The minimum absolute atomic E-state index is 0.0294. The molecular weight excluding hydrogens is 247 g/mol. The van der Waals surface area contributed by atoms with Crippen molar-refractivity contribution in [3.05, 3.63) is 52.6 Å². The normalized spacial score (nSPS) is 10.5. The van der Waals surface area contributed by atoms with Crippen molar-refractivity contribution < 1.29 is 14.3 Å². The average Bonchev–Trinajstić information content (AvgIpc) is 2.61. The van der Waals surface area contributed by atoms with Gasteiger partial charge < -0.3 is 5.11 Å². The average molecular weight is 255 g/mol. The molecular formula is C11H8ClFN2O2. The van der Waals surface area contributed by atoms with Crippen molar-refractivity contribution in [1.82, 2.24) is 9.78 Å². The third-order valence-corrected chi connectivity index (χ3v) is 2.63. The molecule has 0 aliphatic carbocycles. The van der Waals surface area contributed by atoms with Gasteiger partial charge in [0.25, 0.3) is 0 Å². The maximum atomic E-state index is 12.9. The highest BCUT2D eigenvalue weighted by Crippen LogP contribution is 2.17. The number of aromatic carboxylic acids is 1. The zero-order chi connectivity index (χ0) is 12.4. The van der Waals surface area contributed by atoms with E-state index in [1.807, 2.05) is 0 Å². The van der Waals surface area contributed by atoms with Crippen molar-refractivity contribution in [2.45, 2.75) is 6.54 Å². The molecule has 0 fully saturated rings. The monoisotopic (exact) mass is 254 g/mol. The van der Waals surface area contributed by atoms with Crippen LogP contribution in [-0.2, 0) is 6.54 Å². The molecule has 6 heteroatoms. The topological polar surface area (TPSA) is 55.1 Å². The number of nitrogens with zero attached hydrogens (tertiary/aromatic N) is 2. The van der Waals surface area contributed by atoms with Crippen LogP contribution < -0.4 is 0 Å². The molecule has 1 aromatic carbocycles. The number of carboxylic acid groups (broad SMARTS) is 1. The van der Waals surface area contributed by atoms with E-state index in [2.05, 4.69) is 5.10 Å². The minimum atomic E-state index is -1.14. The summed E-state index contributed by atoms with van der Waals surface area (Å²) in [7, 11) is 0. The summed E-state index contributed by atoms with van der Waals surface area (Å²) in [6.07, 6.45) is 1.17. The summed E-state index contributed by atoms with van der Waals surface area (Å²) < 4.78 is 14.3. The second-order valence-electron chi connectivity index (χ2n) is 3.44. The van der Waals surface area contributed by atoms with E-state index >= 15 is 0 Å². The molecule has 1 N–H and O–H groups in total. The Labute approximate surface area is 101 Å². The predicted molar refractivity (Wildman–Crippen MR) is 59.7 cm³/mol. The fourth-order valence-corrected chi connectivity index (χ4v) is 1.67. The Hall–Kier alpha value is -1.88. The Morgan fingerprint density at radius 2 is 2.29 bits per heavy atom. The van der Waals surface area contributed by atoms with Gasteiger partial charge in [-0.05, 0) is 17.7 Å². The van der Waals surface area contributed by atoms with Crippen LogP contribution in [0.5, 0.6) is 0 Å². The summed E-state index contributed by atoms with van der Waals surface area (Å²) >= 11 is 5.83. The van der Waals surface area contributed by atoms with Crippen LogP contribution in [0.25, 0.3) is 0 Å². The van der Waals surface area contributed by atoms with Gasteiger partial charge in [-0.3, -0.25) is 0 Å². The molecule has 1 aromatic heterocycles. The number of benzene rings is 1. The van der Waals surface area contributed by atoms with E-state index in [0.717, 1.165) is 0 Å². The number of carboxylic acids is 1. The third-order valence-electron chi connectivity index (χ3n) is 2.23. The summed E-state index contributed by atoms with van der Waals surface area (Å²) in [4.78, 5) is 10.7. The standard InChI is InChI=1S/C11H8ClFN2O2/c12-10-9(11(16)17)5-14-15(10)6-7-2-1-3-8(13)4-7/h1-5H,6H2,(H,16,17). The highest BCUT2D eigenvalue weighted by molar-refractivity contribution is 6.32. The van der Waals surface area contributed by atoms with Crippen molar-refractivity contribution in [2.75, 3.05) is 0 Å². The van der Waals surface area contributed by atoms with Crippen molar-refractivity contribution >= 4 is 17.6 Å². The van der Waals surface area contributed by atoms with Gasteiger partial charge in [0.05, 0.1) is 12.7 Å². The van der Waals surface area contributed by atoms with E-state index in [1.165, 1.54) is 23.0 Å². The molecule has 0 aliphatic rings. The van der Waals surface area contributed by atoms with E-state index in [9.17, 15) is 9.18 Å². The van der Waals surface area contributed by atoms with E-state index in [-0.39, 0.29) is 23.1 Å². The fraction of sp³-hybridized carbons (Fsp3) is 0.0909. The minimum Gasteiger partial charge on any atom is -0.478 e. The maximum absolute atomic E-state index is 12.9. The molecule has 0 unspecified atom stereocenters. The summed E-state index contributed by atoms with van der Waals surface area (Å²) in [5.74, 6) is -1.50. The Morgan fingerprint density at radius 3 is 2.88 bits per heavy atom. The Balaban J connectivity index is 2.28. The lowest BCUT2D eigenvalue weighted by Crippen LogP contribution is -2.03. The van der Waals surface area contributed by atoms with Gasteiger partial charge in [-0.15, -0.1) is 0 Å². The number of hydrogen-bond donors (Lipinski definition) is 1. The highest BCUT2D eigenvalue weighted by atomic mass is 35.5. The van der Waals surface area contributed by atoms with Gasteiger partial charge in [-0.25, -0.2) is 13.9 Å². The Morgan fingerprint density at radius 1 is 1.53 bits per heavy atom. The molecule has 88 valence electrons. The quantitative estimate of drug-likeness (QED) is 0.915. The molecule has 0 saturated carbocycles. The van der Waals surface area contributed by atoms with E-state index in [0.29, 0.717) is 5.56 Å². The van der Waals surface area contributed by atoms with Crippen molar-refractivity contribution in [3.8, 4) is 0 Å². The Bertz CT molecular complexity index is 568. The van der Waals surface area contributed by atoms with Gasteiger partial charge >= 0.3 is 5.97 Å². The molecule has 4 nitrogen and oxygen atoms in total. The van der Waals surface area contributed by atoms with Gasteiger partial charge in [-0.1, -0.05) is 23.7 Å². The van der Waals surface area contributed by atoms with Gasteiger partial charge in [0.1, 0.15) is 16.5 Å². The lowest BCUT2D eigenvalue weighted by Gasteiger charge is -2.03. The molecule has 0 amide bonds. The molecule has 0 atom stereocenters. The largest absolute Gasteiger partial charge is 0.478 e. The van der Waals surface area contributed by atoms with Gasteiger partial charge in [0, 0.05) is 0 Å². The zero-order valence-corrected chi connectivity index (χ0v) is 9.36. The molecule has 0 aliphatic heterocycles. The number of halogens is 2. The molecule has 2 aromatic rings. The first-order valence-corrected chi connectivity index (χ1v) is 5.15. The van der Waals surface area contributed by atoms with Crippen LogP contribution in [0.2, 0.25) is 5.15 Å². The van der Waals surface area contributed by atoms with Crippen molar-refractivity contribution in [1.29, 1.82) is 0 Å². The van der Waals surface area contributed by atoms with Gasteiger partial charge in [0.15, 0.2) is 0 Å². The molecule has 17 heavy (non-hydrogen) atoms. The number of carbonyl (C=O) groups is 1. The van der Waals surface area contributed by atoms with E-state index < -0.39 is 5.97 Å². The highest BCUT2D eigenvalue weighted by Gasteiger charge is 2.14. The SMILES string of the molecule is O=C(O)c1cnn(Cc2cccc(F)c2)c1Cl. The van der Waals surface area contributed by atoms with Crippen LogP contribution in [0, 0.1) is 5.82 Å². The van der Waals surface area contributed by atoms with E-state index in [4.69, 9.17) is 16.7 Å². The molecule has 0 saturated heterocycles. The van der Waals surface area contributed by atoms with Crippen LogP contribution >= 0.6 is 11.6 Å². The van der Waals surface area contributed by atoms with Crippen LogP contribution in [-0.4, -0.2) is 20.9 Å². The third kappa shape index (κ3) is 2.45. The van der Waals surface area contributed by atoms with E-state index in [1.54, 1.807) is 12.1 Å². The number of hydrogen-bond acceptors (Lipinski definition) is 2. The molecule has 0 bridgehead atoms. The predicted octanol–water partition coefficient (Wildman–Crippen LogP) is 2.42. The molecule has 2 rings (SSSR count).